The second-order valence-corrected chi connectivity index (χ2v) is 4.45. The quantitative estimate of drug-likeness (QED) is 0.830. The van der Waals surface area contributed by atoms with Crippen LogP contribution in [-0.2, 0) is 13.0 Å². The van der Waals surface area contributed by atoms with E-state index >= 15 is 0 Å². The predicted molar refractivity (Wildman–Crippen MR) is 67.0 cm³/mol. The standard InChI is InChI=1S/C13H12N2OS/c1-2-13-15-11(9-17-13)8-16-12-5-3-10(7-14)4-6-12/h3-6,9H,2,8H2,1H3. The first-order valence-corrected chi connectivity index (χ1v) is 6.26. The molecule has 0 atom stereocenters. The lowest BCUT2D eigenvalue weighted by Gasteiger charge is -2.03. The topological polar surface area (TPSA) is 45.9 Å². The zero-order chi connectivity index (χ0) is 12.1. The van der Waals surface area contributed by atoms with Crippen LogP contribution in [0.5, 0.6) is 5.75 Å². The van der Waals surface area contributed by atoms with Crippen molar-refractivity contribution in [2.75, 3.05) is 0 Å². The summed E-state index contributed by atoms with van der Waals surface area (Å²) < 4.78 is 5.58. The van der Waals surface area contributed by atoms with Gasteiger partial charge in [-0.05, 0) is 30.7 Å². The van der Waals surface area contributed by atoms with Crippen LogP contribution in [0.3, 0.4) is 0 Å². The first-order chi connectivity index (χ1) is 8.31. The van der Waals surface area contributed by atoms with E-state index in [1.54, 1.807) is 35.6 Å². The lowest BCUT2D eigenvalue weighted by atomic mass is 10.2. The van der Waals surface area contributed by atoms with Gasteiger partial charge in [0.05, 0.1) is 22.3 Å². The van der Waals surface area contributed by atoms with Gasteiger partial charge in [-0.2, -0.15) is 5.26 Å². The zero-order valence-corrected chi connectivity index (χ0v) is 10.3. The molecule has 0 aliphatic rings. The SMILES string of the molecule is CCc1nc(COc2ccc(C#N)cc2)cs1. The molecule has 0 fully saturated rings. The number of hydrogen-bond acceptors (Lipinski definition) is 4. The van der Waals surface area contributed by atoms with Crippen molar-refractivity contribution in [3.8, 4) is 11.8 Å². The average molecular weight is 244 g/mol. The first kappa shape index (κ1) is 11.6. The van der Waals surface area contributed by atoms with Gasteiger partial charge in [-0.1, -0.05) is 6.92 Å². The molecule has 0 N–H and O–H groups in total. The minimum absolute atomic E-state index is 0.475. The van der Waals surface area contributed by atoms with Crippen LogP contribution in [0, 0.1) is 11.3 Å². The minimum atomic E-state index is 0.475. The summed E-state index contributed by atoms with van der Waals surface area (Å²) in [7, 11) is 0. The van der Waals surface area contributed by atoms with E-state index in [0.29, 0.717) is 12.2 Å². The fraction of sp³-hybridized carbons (Fsp3) is 0.231. The Labute approximate surface area is 104 Å². The molecule has 1 aromatic carbocycles. The summed E-state index contributed by atoms with van der Waals surface area (Å²) in [4.78, 5) is 4.42. The second kappa shape index (κ2) is 5.46. The van der Waals surface area contributed by atoms with E-state index in [4.69, 9.17) is 10.00 Å². The Morgan fingerprint density at radius 2 is 2.12 bits per heavy atom. The number of aryl methyl sites for hydroxylation is 1. The van der Waals surface area contributed by atoms with Gasteiger partial charge in [0, 0.05) is 5.38 Å². The maximum absolute atomic E-state index is 8.67. The lowest BCUT2D eigenvalue weighted by Crippen LogP contribution is -1.96. The Morgan fingerprint density at radius 3 is 2.71 bits per heavy atom. The van der Waals surface area contributed by atoms with Crippen LogP contribution in [0.25, 0.3) is 0 Å². The Bertz CT molecular complexity index is 525. The highest BCUT2D eigenvalue weighted by Gasteiger charge is 2.01. The van der Waals surface area contributed by atoms with E-state index in [1.165, 1.54) is 0 Å². The summed E-state index contributed by atoms with van der Waals surface area (Å²) in [5.41, 5.74) is 1.59. The Kier molecular flexibility index (Phi) is 3.73. The normalized spacial score (nSPS) is 9.88. The van der Waals surface area contributed by atoms with Crippen molar-refractivity contribution in [1.82, 2.24) is 4.98 Å². The van der Waals surface area contributed by atoms with Gasteiger partial charge in [-0.3, -0.25) is 0 Å². The van der Waals surface area contributed by atoms with Crippen LogP contribution in [0.1, 0.15) is 23.2 Å². The molecule has 86 valence electrons. The summed E-state index contributed by atoms with van der Waals surface area (Å²) >= 11 is 1.66. The Morgan fingerprint density at radius 1 is 1.35 bits per heavy atom. The fourth-order valence-corrected chi connectivity index (χ4v) is 2.09. The molecule has 0 bridgehead atoms. The van der Waals surface area contributed by atoms with E-state index in [1.807, 2.05) is 5.38 Å². The molecule has 2 rings (SSSR count). The van der Waals surface area contributed by atoms with E-state index in [-0.39, 0.29) is 0 Å². The maximum Gasteiger partial charge on any atom is 0.131 e. The molecule has 4 heteroatoms. The molecule has 0 unspecified atom stereocenters. The number of nitriles is 1. The number of hydrogen-bond donors (Lipinski definition) is 0. The fourth-order valence-electron chi connectivity index (χ4n) is 1.36. The largest absolute Gasteiger partial charge is 0.487 e. The predicted octanol–water partition coefficient (Wildman–Crippen LogP) is 3.16. The molecule has 1 heterocycles. The van der Waals surface area contributed by atoms with Crippen molar-refractivity contribution in [3.63, 3.8) is 0 Å². The molecule has 0 amide bonds. The van der Waals surface area contributed by atoms with Gasteiger partial charge < -0.3 is 4.74 Å². The van der Waals surface area contributed by atoms with Gasteiger partial charge >= 0.3 is 0 Å². The molecule has 0 aliphatic carbocycles. The third kappa shape index (κ3) is 3.05. The monoisotopic (exact) mass is 244 g/mol. The van der Waals surface area contributed by atoms with Crippen molar-refractivity contribution in [1.29, 1.82) is 5.26 Å². The highest BCUT2D eigenvalue weighted by atomic mass is 32.1. The zero-order valence-electron chi connectivity index (χ0n) is 9.51. The van der Waals surface area contributed by atoms with Gasteiger partial charge in [0.25, 0.3) is 0 Å². The number of nitrogens with zero attached hydrogens (tertiary/aromatic N) is 2. The number of aromatic nitrogens is 1. The van der Waals surface area contributed by atoms with Crippen LogP contribution in [0.4, 0.5) is 0 Å². The van der Waals surface area contributed by atoms with Crippen LogP contribution in [-0.4, -0.2) is 4.98 Å². The molecule has 0 aliphatic heterocycles. The summed E-state index contributed by atoms with van der Waals surface area (Å²) in [6.45, 7) is 2.56. The molecule has 2 aromatic rings. The van der Waals surface area contributed by atoms with Crippen molar-refractivity contribution >= 4 is 11.3 Å². The summed E-state index contributed by atoms with van der Waals surface area (Å²) in [6, 6.07) is 9.16. The molecule has 0 spiro atoms. The van der Waals surface area contributed by atoms with E-state index in [9.17, 15) is 0 Å². The van der Waals surface area contributed by atoms with Crippen LogP contribution in [0.15, 0.2) is 29.6 Å². The first-order valence-electron chi connectivity index (χ1n) is 5.38. The third-order valence-corrected chi connectivity index (χ3v) is 3.31. The van der Waals surface area contributed by atoms with Crippen LogP contribution >= 0.6 is 11.3 Å². The van der Waals surface area contributed by atoms with E-state index in [2.05, 4.69) is 18.0 Å². The molecule has 3 nitrogen and oxygen atoms in total. The molecular formula is C13H12N2OS. The minimum Gasteiger partial charge on any atom is -0.487 e. The highest BCUT2D eigenvalue weighted by molar-refractivity contribution is 7.09. The number of benzene rings is 1. The summed E-state index contributed by atoms with van der Waals surface area (Å²) in [5.74, 6) is 0.759. The highest BCUT2D eigenvalue weighted by Crippen LogP contribution is 2.15. The van der Waals surface area contributed by atoms with Crippen LogP contribution < -0.4 is 4.74 Å². The molecule has 1 aromatic heterocycles. The number of ether oxygens (including phenoxy) is 1. The molecule has 0 saturated carbocycles. The average Bonchev–Trinajstić information content (AvgIpc) is 2.85. The van der Waals surface area contributed by atoms with E-state index in [0.717, 1.165) is 22.9 Å². The molecule has 0 radical (unpaired) electrons. The van der Waals surface area contributed by atoms with Crippen molar-refractivity contribution in [2.24, 2.45) is 0 Å². The second-order valence-electron chi connectivity index (χ2n) is 3.51. The third-order valence-electron chi connectivity index (χ3n) is 2.27. The van der Waals surface area contributed by atoms with Crippen LogP contribution in [0.2, 0.25) is 0 Å². The van der Waals surface area contributed by atoms with Gasteiger partial charge in [0.1, 0.15) is 12.4 Å². The summed E-state index contributed by atoms with van der Waals surface area (Å²) in [6.07, 6.45) is 0.960. The molecule has 17 heavy (non-hydrogen) atoms. The molecular weight excluding hydrogens is 232 g/mol. The van der Waals surface area contributed by atoms with Gasteiger partial charge in [0.2, 0.25) is 0 Å². The van der Waals surface area contributed by atoms with Crippen molar-refractivity contribution in [2.45, 2.75) is 20.0 Å². The lowest BCUT2D eigenvalue weighted by molar-refractivity contribution is 0.302. The maximum atomic E-state index is 8.67. The molecule has 0 saturated heterocycles. The van der Waals surface area contributed by atoms with Gasteiger partial charge in [0.15, 0.2) is 0 Å². The Hall–Kier alpha value is -1.86. The number of thiazole rings is 1. The van der Waals surface area contributed by atoms with E-state index < -0.39 is 0 Å². The Balaban J connectivity index is 1.95. The summed E-state index contributed by atoms with van der Waals surface area (Å²) in [5, 5.41) is 11.8. The van der Waals surface area contributed by atoms with Crippen molar-refractivity contribution < 1.29 is 4.74 Å². The smallest absolute Gasteiger partial charge is 0.131 e. The van der Waals surface area contributed by atoms with Gasteiger partial charge in [-0.15, -0.1) is 11.3 Å². The van der Waals surface area contributed by atoms with Crippen molar-refractivity contribution in [3.05, 3.63) is 45.9 Å². The van der Waals surface area contributed by atoms with Gasteiger partial charge in [-0.25, -0.2) is 4.98 Å². The number of rotatable bonds is 4.